The third-order valence-corrected chi connectivity index (χ3v) is 12.4. The Morgan fingerprint density at radius 3 is 2.52 bits per heavy atom. The van der Waals surface area contributed by atoms with Crippen LogP contribution in [0.5, 0.6) is 11.6 Å². The Morgan fingerprint density at radius 2 is 1.85 bits per heavy atom. The van der Waals surface area contributed by atoms with E-state index in [1.54, 1.807) is 25.3 Å². The minimum absolute atomic E-state index is 0.00388. The molecule has 0 radical (unpaired) electrons. The highest BCUT2D eigenvalue weighted by Crippen LogP contribution is 2.46. The van der Waals surface area contributed by atoms with E-state index >= 15 is 0 Å². The number of nitrogens with one attached hydrogen (secondary N) is 3. The fraction of sp³-hybridized carbons (Fsp3) is 0.611. The highest BCUT2D eigenvalue weighted by molar-refractivity contribution is 7.91. The summed E-state index contributed by atoms with van der Waals surface area (Å²) in [6, 6.07) is 2.98. The van der Waals surface area contributed by atoms with Crippen LogP contribution in [0.1, 0.15) is 84.3 Å². The number of nitrogens with zero attached hydrogens (tertiary/aromatic N) is 3. The van der Waals surface area contributed by atoms with E-state index in [1.165, 1.54) is 4.90 Å². The Morgan fingerprint density at radius 1 is 1.10 bits per heavy atom. The highest BCUT2D eigenvalue weighted by Gasteiger charge is 2.62. The third kappa shape index (κ3) is 7.81. The molecule has 2 aromatic rings. The Kier molecular flexibility index (Phi) is 10.4. The molecule has 6 rings (SSSR count). The summed E-state index contributed by atoms with van der Waals surface area (Å²) in [6.07, 6.45) is 4.67. The first-order chi connectivity index (χ1) is 24.6. The molecule has 2 saturated carbocycles. The topological polar surface area (TPSA) is 206 Å². The molecule has 2 aliphatic heterocycles. The van der Waals surface area contributed by atoms with E-state index in [9.17, 15) is 32.7 Å². The Balaban J connectivity index is 1.35. The quantitative estimate of drug-likeness (QED) is 0.289. The lowest BCUT2D eigenvalue weighted by Gasteiger charge is -2.32. The summed E-state index contributed by atoms with van der Waals surface area (Å²) in [5, 5.41) is 14.4. The van der Waals surface area contributed by atoms with Crippen molar-refractivity contribution in [3.8, 4) is 11.6 Å². The first-order valence-electron chi connectivity index (χ1n) is 18.0. The molecule has 4 amide bonds. The smallest absolute Gasteiger partial charge is 0.405 e. The zero-order valence-electron chi connectivity index (χ0n) is 30.1. The fourth-order valence-corrected chi connectivity index (χ4v) is 8.77. The molecule has 7 atom stereocenters. The number of fused-ring (bicyclic) bond motifs is 3. The predicted octanol–water partition coefficient (Wildman–Crippen LogP) is 3.24. The van der Waals surface area contributed by atoms with Gasteiger partial charge >= 0.3 is 6.09 Å². The molecule has 0 spiro atoms. The fourth-order valence-electron chi connectivity index (χ4n) is 7.41. The number of sulfonamides is 1. The lowest BCUT2D eigenvalue weighted by Crippen LogP contribution is -2.59. The second-order valence-corrected chi connectivity index (χ2v) is 17.1. The molecule has 282 valence electrons. The maximum absolute atomic E-state index is 14.4. The number of hydrogen-bond acceptors (Lipinski definition) is 10. The molecular formula is C36H48N6O9S. The van der Waals surface area contributed by atoms with Crippen molar-refractivity contribution >= 4 is 44.9 Å². The number of aromatic nitrogens is 2. The van der Waals surface area contributed by atoms with E-state index in [2.05, 4.69) is 15.4 Å². The van der Waals surface area contributed by atoms with E-state index in [-0.39, 0.29) is 37.1 Å². The van der Waals surface area contributed by atoms with Crippen LogP contribution in [0.25, 0.3) is 11.0 Å². The van der Waals surface area contributed by atoms with Crippen molar-refractivity contribution < 1.29 is 42.2 Å². The SMILES string of the molecule is COc1ccc2nc(C(C)C)c(O[C@@H]3C[C@H]4C(=O)N[C@]5(C(=O)NS(=O)(=O)C6CC6)C[C@H]5/C=C\CC[C@H](C)C[C@@H](C)[C@H](NC(=O)O)C(=O)N4C3)nc2c1. The van der Waals surface area contributed by atoms with Gasteiger partial charge in [-0.15, -0.1) is 0 Å². The number of methoxy groups -OCH3 is 1. The monoisotopic (exact) mass is 740 g/mol. The van der Waals surface area contributed by atoms with Crippen LogP contribution >= 0.6 is 0 Å². The maximum Gasteiger partial charge on any atom is 0.405 e. The molecule has 1 aromatic carbocycles. The first kappa shape index (κ1) is 37.3. The van der Waals surface area contributed by atoms with Crippen molar-refractivity contribution in [3.05, 3.63) is 36.0 Å². The molecule has 1 aromatic heterocycles. The van der Waals surface area contributed by atoms with E-state index < -0.39 is 74.7 Å². The van der Waals surface area contributed by atoms with Crippen molar-refractivity contribution in [1.29, 1.82) is 0 Å². The van der Waals surface area contributed by atoms with Gasteiger partial charge in [0, 0.05) is 24.3 Å². The lowest BCUT2D eigenvalue weighted by atomic mass is 9.88. The number of rotatable bonds is 8. The van der Waals surface area contributed by atoms with Gasteiger partial charge in [-0.1, -0.05) is 39.8 Å². The van der Waals surface area contributed by atoms with Gasteiger partial charge < -0.3 is 30.1 Å². The van der Waals surface area contributed by atoms with E-state index in [0.717, 1.165) is 6.42 Å². The Labute approximate surface area is 303 Å². The van der Waals surface area contributed by atoms with E-state index in [1.807, 2.05) is 39.8 Å². The second-order valence-electron chi connectivity index (χ2n) is 15.1. The summed E-state index contributed by atoms with van der Waals surface area (Å²) >= 11 is 0. The molecule has 1 saturated heterocycles. The van der Waals surface area contributed by atoms with Gasteiger partial charge in [0.05, 0.1) is 29.9 Å². The number of benzene rings is 1. The molecule has 0 unspecified atom stereocenters. The summed E-state index contributed by atoms with van der Waals surface area (Å²) in [6.45, 7) is 7.65. The molecule has 3 heterocycles. The summed E-state index contributed by atoms with van der Waals surface area (Å²) < 4.78 is 39.7. The molecule has 16 heteroatoms. The van der Waals surface area contributed by atoms with Crippen LogP contribution in [-0.4, -0.2) is 94.8 Å². The predicted molar refractivity (Wildman–Crippen MR) is 190 cm³/mol. The van der Waals surface area contributed by atoms with Crippen LogP contribution < -0.4 is 24.8 Å². The largest absolute Gasteiger partial charge is 0.497 e. The number of carbonyl (C=O) groups is 4. The number of allylic oxidation sites excluding steroid dienone is 1. The molecule has 3 fully saturated rings. The van der Waals surface area contributed by atoms with Gasteiger partial charge in [0.2, 0.25) is 27.7 Å². The highest BCUT2D eigenvalue weighted by atomic mass is 32.2. The second kappa shape index (κ2) is 14.5. The summed E-state index contributed by atoms with van der Waals surface area (Å²) in [7, 11) is -2.36. The van der Waals surface area contributed by atoms with Crippen molar-refractivity contribution in [1.82, 2.24) is 30.2 Å². The molecule has 0 bridgehead atoms. The Bertz CT molecular complexity index is 1880. The lowest BCUT2D eigenvalue weighted by molar-refractivity contribution is -0.142. The summed E-state index contributed by atoms with van der Waals surface area (Å²) in [5.74, 6) is -2.11. The zero-order valence-corrected chi connectivity index (χ0v) is 30.9. The van der Waals surface area contributed by atoms with Crippen molar-refractivity contribution in [2.75, 3.05) is 13.7 Å². The normalized spacial score (nSPS) is 30.3. The van der Waals surface area contributed by atoms with Crippen molar-refractivity contribution in [2.24, 2.45) is 17.8 Å². The molecule has 15 nitrogen and oxygen atoms in total. The number of amides is 4. The molecular weight excluding hydrogens is 692 g/mol. The van der Waals surface area contributed by atoms with Gasteiger partial charge in [-0.25, -0.2) is 23.2 Å². The van der Waals surface area contributed by atoms with Gasteiger partial charge in [0.15, 0.2) is 0 Å². The average molecular weight is 741 g/mol. The average Bonchev–Trinajstić information content (AvgIpc) is 4.01. The van der Waals surface area contributed by atoms with Crippen LogP contribution in [0.2, 0.25) is 0 Å². The number of ether oxygens (including phenoxy) is 2. The first-order valence-corrected chi connectivity index (χ1v) is 19.5. The molecule has 4 N–H and O–H groups in total. The minimum atomic E-state index is -3.91. The third-order valence-electron chi connectivity index (χ3n) is 10.6. The summed E-state index contributed by atoms with van der Waals surface area (Å²) in [4.78, 5) is 65.3. The van der Waals surface area contributed by atoms with Crippen molar-refractivity contribution in [2.45, 2.75) is 108 Å². The standard InChI is InChI=1S/C36H48N6O9S/c1-19(2)29-32(38-27-15-23(50-5)10-13-26(27)37-29)51-24-16-28-31(43)40-36(34(45)41-52(48,49)25-11-12-25)17-22(36)9-7-6-8-20(3)14-21(4)30(39-35(46)47)33(44)42(28)18-24/h7,9-10,13,15,19-22,24-25,28,30,39H,6,8,11-12,14,16-18H2,1-5H3,(H,40,43)(H,41,45)(H,46,47)/b9-7-/t20-,21+,22+,24+,28-,30-,36+/m0/s1. The number of carboxylic acid groups (broad SMARTS) is 1. The summed E-state index contributed by atoms with van der Waals surface area (Å²) in [5.41, 5.74) is 0.202. The maximum atomic E-state index is 14.4. The van der Waals surface area contributed by atoms with E-state index in [0.29, 0.717) is 48.2 Å². The van der Waals surface area contributed by atoms with Crippen LogP contribution in [0.15, 0.2) is 30.4 Å². The van der Waals surface area contributed by atoms with Gasteiger partial charge in [-0.05, 0) is 62.5 Å². The molecule has 52 heavy (non-hydrogen) atoms. The van der Waals surface area contributed by atoms with Crippen LogP contribution in [0.3, 0.4) is 0 Å². The van der Waals surface area contributed by atoms with Crippen LogP contribution in [-0.2, 0) is 24.4 Å². The number of hydrogen-bond donors (Lipinski definition) is 4. The molecule has 4 aliphatic rings. The minimum Gasteiger partial charge on any atom is -0.497 e. The molecule has 2 aliphatic carbocycles. The number of carbonyl (C=O) groups excluding carboxylic acids is 3. The van der Waals surface area contributed by atoms with Gasteiger partial charge in [0.25, 0.3) is 5.91 Å². The van der Waals surface area contributed by atoms with E-state index in [4.69, 9.17) is 19.4 Å². The van der Waals surface area contributed by atoms with Crippen molar-refractivity contribution in [3.63, 3.8) is 0 Å². The van der Waals surface area contributed by atoms with Crippen LogP contribution in [0.4, 0.5) is 4.79 Å². The Hall–Kier alpha value is -4.47. The van der Waals surface area contributed by atoms with Gasteiger partial charge in [0.1, 0.15) is 35.2 Å². The zero-order chi connectivity index (χ0) is 37.5. The van der Waals surface area contributed by atoms with Gasteiger partial charge in [-0.2, -0.15) is 0 Å². The van der Waals surface area contributed by atoms with Gasteiger partial charge in [-0.3, -0.25) is 19.1 Å². The van der Waals surface area contributed by atoms with Crippen LogP contribution in [0, 0.1) is 17.8 Å².